The molecule has 3 rings (SSSR count). The summed E-state index contributed by atoms with van der Waals surface area (Å²) in [6.07, 6.45) is 0. The Labute approximate surface area is 128 Å². The number of hydrogen-bond donors (Lipinski definition) is 0. The minimum atomic E-state index is -0.513. The molecule has 0 fully saturated rings. The largest absolute Gasteiger partial charge is 0.334 e. The summed E-state index contributed by atoms with van der Waals surface area (Å²) in [7, 11) is 0. The number of benzene rings is 2. The summed E-state index contributed by atoms with van der Waals surface area (Å²) in [5.74, 6) is 0.364. The van der Waals surface area contributed by atoms with Gasteiger partial charge < -0.3 is 4.52 Å². The molecule has 0 aliphatic rings. The maximum atomic E-state index is 10.8. The normalized spacial score (nSPS) is 10.4. The molecule has 2 aromatic carbocycles. The van der Waals surface area contributed by atoms with Crippen molar-refractivity contribution in [2.45, 2.75) is 0 Å². The third-order valence-electron chi connectivity index (χ3n) is 3.07. The number of nitrogens with zero attached hydrogens (tertiary/aromatic N) is 4. The molecule has 0 bridgehead atoms. The molecular formula is C14H8N4O5. The lowest BCUT2D eigenvalue weighted by atomic mass is 10.2. The molecule has 0 saturated heterocycles. The van der Waals surface area contributed by atoms with E-state index in [-0.39, 0.29) is 23.1 Å². The Morgan fingerprint density at radius 3 is 2.22 bits per heavy atom. The van der Waals surface area contributed by atoms with Gasteiger partial charge in [0, 0.05) is 35.4 Å². The molecule has 1 heterocycles. The Kier molecular flexibility index (Phi) is 3.51. The van der Waals surface area contributed by atoms with Gasteiger partial charge in [0.2, 0.25) is 5.82 Å². The van der Waals surface area contributed by atoms with Crippen LogP contribution in [0, 0.1) is 20.2 Å². The average molecular weight is 312 g/mol. The van der Waals surface area contributed by atoms with Crippen molar-refractivity contribution >= 4 is 11.4 Å². The highest BCUT2D eigenvalue weighted by Gasteiger charge is 2.14. The molecular weight excluding hydrogens is 304 g/mol. The van der Waals surface area contributed by atoms with E-state index in [9.17, 15) is 20.2 Å². The van der Waals surface area contributed by atoms with Gasteiger partial charge in [-0.25, -0.2) is 0 Å². The number of aromatic nitrogens is 2. The van der Waals surface area contributed by atoms with Crippen LogP contribution in [-0.2, 0) is 0 Å². The van der Waals surface area contributed by atoms with Crippen LogP contribution in [0.4, 0.5) is 11.4 Å². The second kappa shape index (κ2) is 5.64. The Hall–Kier alpha value is -3.62. The first kappa shape index (κ1) is 14.3. The molecule has 0 spiro atoms. The first-order valence-corrected chi connectivity index (χ1v) is 6.38. The predicted octanol–water partition coefficient (Wildman–Crippen LogP) is 3.22. The quantitative estimate of drug-likeness (QED) is 0.534. The standard InChI is InChI=1S/C14H8N4O5/c19-17(20)11-6-4-9(5-7-11)14-15-13(16-23-14)10-2-1-3-12(8-10)18(21)22/h1-8H. The molecule has 0 unspecified atom stereocenters. The number of hydrogen-bond acceptors (Lipinski definition) is 7. The zero-order valence-corrected chi connectivity index (χ0v) is 11.4. The van der Waals surface area contributed by atoms with Gasteiger partial charge in [0.05, 0.1) is 9.85 Å². The number of nitro groups is 2. The first-order chi connectivity index (χ1) is 11.0. The van der Waals surface area contributed by atoms with Crippen molar-refractivity contribution in [3.05, 3.63) is 68.8 Å². The third-order valence-corrected chi connectivity index (χ3v) is 3.07. The summed E-state index contributed by atoms with van der Waals surface area (Å²) < 4.78 is 5.10. The molecule has 0 aliphatic carbocycles. The van der Waals surface area contributed by atoms with Gasteiger partial charge in [-0.05, 0) is 12.1 Å². The fourth-order valence-electron chi connectivity index (χ4n) is 1.94. The van der Waals surface area contributed by atoms with Crippen molar-refractivity contribution in [2.24, 2.45) is 0 Å². The Balaban J connectivity index is 1.92. The Morgan fingerprint density at radius 2 is 1.57 bits per heavy atom. The zero-order valence-electron chi connectivity index (χ0n) is 11.4. The van der Waals surface area contributed by atoms with Crippen LogP contribution >= 0.6 is 0 Å². The second-order valence-corrected chi connectivity index (χ2v) is 4.53. The van der Waals surface area contributed by atoms with E-state index in [0.29, 0.717) is 11.1 Å². The SMILES string of the molecule is O=[N+]([O-])c1ccc(-c2nc(-c3cccc([N+](=O)[O-])c3)no2)cc1. The summed E-state index contributed by atoms with van der Waals surface area (Å²) in [5, 5.41) is 25.2. The van der Waals surface area contributed by atoms with E-state index < -0.39 is 9.85 Å². The van der Waals surface area contributed by atoms with E-state index in [1.54, 1.807) is 6.07 Å². The molecule has 0 aliphatic heterocycles. The molecule has 23 heavy (non-hydrogen) atoms. The van der Waals surface area contributed by atoms with E-state index in [2.05, 4.69) is 10.1 Å². The van der Waals surface area contributed by atoms with E-state index in [0.717, 1.165) is 0 Å². The van der Waals surface area contributed by atoms with Crippen molar-refractivity contribution in [3.63, 3.8) is 0 Å². The van der Waals surface area contributed by atoms with Crippen molar-refractivity contribution in [1.82, 2.24) is 10.1 Å². The number of rotatable bonds is 4. The van der Waals surface area contributed by atoms with Crippen molar-refractivity contribution in [2.75, 3.05) is 0 Å². The third kappa shape index (κ3) is 2.88. The van der Waals surface area contributed by atoms with Crippen LogP contribution in [0.3, 0.4) is 0 Å². The topological polar surface area (TPSA) is 125 Å². The van der Waals surface area contributed by atoms with Crippen LogP contribution in [0.2, 0.25) is 0 Å². The lowest BCUT2D eigenvalue weighted by Crippen LogP contribution is -1.89. The monoisotopic (exact) mass is 312 g/mol. The molecule has 0 amide bonds. The zero-order chi connectivity index (χ0) is 16.4. The molecule has 114 valence electrons. The highest BCUT2D eigenvalue weighted by molar-refractivity contribution is 5.62. The van der Waals surface area contributed by atoms with Gasteiger partial charge in [0.25, 0.3) is 17.3 Å². The highest BCUT2D eigenvalue weighted by atomic mass is 16.6. The van der Waals surface area contributed by atoms with Crippen molar-refractivity contribution < 1.29 is 14.4 Å². The van der Waals surface area contributed by atoms with Crippen LogP contribution in [0.25, 0.3) is 22.8 Å². The minimum absolute atomic E-state index is 0.0489. The molecule has 0 saturated carbocycles. The Bertz CT molecular complexity index is 888. The molecule has 3 aromatic rings. The Morgan fingerprint density at radius 1 is 0.870 bits per heavy atom. The first-order valence-electron chi connectivity index (χ1n) is 6.38. The predicted molar refractivity (Wildman–Crippen MR) is 78.5 cm³/mol. The van der Waals surface area contributed by atoms with E-state index in [4.69, 9.17) is 4.52 Å². The minimum Gasteiger partial charge on any atom is -0.334 e. The highest BCUT2D eigenvalue weighted by Crippen LogP contribution is 2.25. The maximum Gasteiger partial charge on any atom is 0.270 e. The van der Waals surface area contributed by atoms with Crippen LogP contribution in [0.5, 0.6) is 0 Å². The van der Waals surface area contributed by atoms with Gasteiger partial charge in [-0.1, -0.05) is 17.3 Å². The molecule has 9 nitrogen and oxygen atoms in total. The van der Waals surface area contributed by atoms with Crippen molar-refractivity contribution in [1.29, 1.82) is 0 Å². The maximum absolute atomic E-state index is 10.8. The lowest BCUT2D eigenvalue weighted by molar-refractivity contribution is -0.385. The molecule has 0 radical (unpaired) electrons. The second-order valence-electron chi connectivity index (χ2n) is 4.53. The summed E-state index contributed by atoms with van der Waals surface area (Å²) in [5.41, 5.74) is 0.826. The van der Waals surface area contributed by atoms with E-state index in [1.807, 2.05) is 0 Å². The fourth-order valence-corrected chi connectivity index (χ4v) is 1.94. The molecule has 1 aromatic heterocycles. The molecule has 0 atom stereocenters. The fraction of sp³-hybridized carbons (Fsp3) is 0. The van der Waals surface area contributed by atoms with Gasteiger partial charge in [-0.2, -0.15) is 4.98 Å². The number of non-ortho nitro benzene ring substituents is 2. The van der Waals surface area contributed by atoms with Crippen molar-refractivity contribution in [3.8, 4) is 22.8 Å². The van der Waals surface area contributed by atoms with Crippen LogP contribution in [-0.4, -0.2) is 20.0 Å². The van der Waals surface area contributed by atoms with E-state index in [1.165, 1.54) is 42.5 Å². The van der Waals surface area contributed by atoms with Gasteiger partial charge in [0.15, 0.2) is 0 Å². The van der Waals surface area contributed by atoms with Gasteiger partial charge >= 0.3 is 0 Å². The lowest BCUT2D eigenvalue weighted by Gasteiger charge is -1.95. The summed E-state index contributed by atoms with van der Waals surface area (Å²) >= 11 is 0. The van der Waals surface area contributed by atoms with Crippen LogP contribution in [0.15, 0.2) is 53.1 Å². The summed E-state index contributed by atoms with van der Waals surface area (Å²) in [6.45, 7) is 0. The van der Waals surface area contributed by atoms with Gasteiger partial charge in [-0.3, -0.25) is 20.2 Å². The van der Waals surface area contributed by atoms with Crippen LogP contribution < -0.4 is 0 Å². The molecule has 0 N–H and O–H groups in total. The molecule has 9 heteroatoms. The van der Waals surface area contributed by atoms with E-state index >= 15 is 0 Å². The van der Waals surface area contributed by atoms with Gasteiger partial charge in [0.1, 0.15) is 0 Å². The number of nitro benzene ring substituents is 2. The average Bonchev–Trinajstić information content (AvgIpc) is 3.05. The smallest absolute Gasteiger partial charge is 0.270 e. The summed E-state index contributed by atoms with van der Waals surface area (Å²) in [6, 6.07) is 11.5. The summed E-state index contributed by atoms with van der Waals surface area (Å²) in [4.78, 5) is 24.5. The van der Waals surface area contributed by atoms with Gasteiger partial charge in [-0.15, -0.1) is 0 Å². The van der Waals surface area contributed by atoms with Crippen LogP contribution in [0.1, 0.15) is 0 Å².